The van der Waals surface area contributed by atoms with Gasteiger partial charge < -0.3 is 19.4 Å². The number of amides is 1. The van der Waals surface area contributed by atoms with E-state index in [0.29, 0.717) is 40.7 Å². The van der Waals surface area contributed by atoms with Gasteiger partial charge in [-0.2, -0.15) is 8.42 Å². The van der Waals surface area contributed by atoms with Crippen molar-refractivity contribution in [2.45, 2.75) is 20.3 Å². The summed E-state index contributed by atoms with van der Waals surface area (Å²) in [4.78, 5) is 31.3. The number of hydrogen-bond acceptors (Lipinski definition) is 8. The molecule has 234 valence electrons. The van der Waals surface area contributed by atoms with Crippen molar-refractivity contribution in [3.05, 3.63) is 93.6 Å². The van der Waals surface area contributed by atoms with Crippen LogP contribution >= 0.6 is 0 Å². The van der Waals surface area contributed by atoms with Crippen LogP contribution in [0.4, 0.5) is 5.69 Å². The van der Waals surface area contributed by atoms with Gasteiger partial charge in [0, 0.05) is 43.9 Å². The molecule has 0 unspecified atom stereocenters. The Kier molecular flexibility index (Phi) is 10.8. The molecule has 5 rings (SSSR count). The third-order valence-electron chi connectivity index (χ3n) is 7.38. The number of anilines is 1. The minimum absolute atomic E-state index is 0.111. The molecule has 0 aliphatic carbocycles. The van der Waals surface area contributed by atoms with E-state index in [9.17, 15) is 18.0 Å². The Morgan fingerprint density at radius 1 is 1.00 bits per heavy atom. The van der Waals surface area contributed by atoms with Crippen molar-refractivity contribution in [1.29, 1.82) is 0 Å². The molecule has 1 amide bonds. The van der Waals surface area contributed by atoms with Crippen molar-refractivity contribution in [1.82, 2.24) is 10.2 Å². The summed E-state index contributed by atoms with van der Waals surface area (Å²) in [6, 6.07) is 21.2. The Morgan fingerprint density at radius 3 is 2.30 bits per heavy atom. The number of piperazine rings is 1. The van der Waals surface area contributed by atoms with Crippen LogP contribution in [-0.4, -0.2) is 76.4 Å². The molecule has 2 N–H and O–H groups in total. The first-order valence-electron chi connectivity index (χ1n) is 14.4. The minimum atomic E-state index is -3.67. The van der Waals surface area contributed by atoms with Gasteiger partial charge in [0.25, 0.3) is 16.0 Å². The van der Waals surface area contributed by atoms with E-state index in [1.807, 2.05) is 55.5 Å². The molecule has 1 aliphatic rings. The van der Waals surface area contributed by atoms with Crippen LogP contribution < -0.4 is 20.4 Å². The Bertz CT molecular complexity index is 1760. The van der Waals surface area contributed by atoms with E-state index in [1.54, 1.807) is 26.2 Å². The van der Waals surface area contributed by atoms with Crippen LogP contribution in [0.5, 0.6) is 5.75 Å². The van der Waals surface area contributed by atoms with Gasteiger partial charge in [0.1, 0.15) is 11.5 Å². The summed E-state index contributed by atoms with van der Waals surface area (Å²) >= 11 is 0. The van der Waals surface area contributed by atoms with Crippen molar-refractivity contribution < 1.29 is 26.9 Å². The number of aryl methyl sites for hydroxylation is 1. The lowest BCUT2D eigenvalue weighted by atomic mass is 10.0. The van der Waals surface area contributed by atoms with Crippen molar-refractivity contribution in [2.75, 3.05) is 57.5 Å². The molecule has 44 heavy (non-hydrogen) atoms. The molecule has 0 saturated carbocycles. The van der Waals surface area contributed by atoms with Gasteiger partial charge in [-0.25, -0.2) is 0 Å². The number of nitrogens with zero attached hydrogens (tertiary/aromatic N) is 2. The molecular weight excluding hydrogens is 582 g/mol. The van der Waals surface area contributed by atoms with Gasteiger partial charge in [-0.3, -0.25) is 19.0 Å². The highest BCUT2D eigenvalue weighted by Gasteiger charge is 2.21. The second kappa shape index (κ2) is 14.5. The zero-order valence-electron chi connectivity index (χ0n) is 25.5. The number of benzene rings is 3. The fourth-order valence-corrected chi connectivity index (χ4v) is 5.27. The van der Waals surface area contributed by atoms with E-state index < -0.39 is 10.1 Å². The number of carbonyl (C=O) groups is 1. The van der Waals surface area contributed by atoms with E-state index in [4.69, 9.17) is 13.7 Å². The molecule has 0 radical (unpaired) electrons. The van der Waals surface area contributed by atoms with Crippen molar-refractivity contribution in [3.63, 3.8) is 0 Å². The molecule has 2 heterocycles. The lowest BCUT2D eigenvalue weighted by Gasteiger charge is -2.36. The molecule has 0 bridgehead atoms. The number of nitrogens with one attached hydrogen (secondary N) is 1. The minimum Gasteiger partial charge on any atom is -0.495 e. The third kappa shape index (κ3) is 8.46. The first kappa shape index (κ1) is 32.7. The lowest BCUT2D eigenvalue weighted by molar-refractivity contribution is 0.0952. The van der Waals surface area contributed by atoms with E-state index >= 15 is 0 Å². The smallest absolute Gasteiger partial charge is 0.261 e. The van der Waals surface area contributed by atoms with E-state index in [1.165, 1.54) is 0 Å². The zero-order chi connectivity index (χ0) is 31.9. The van der Waals surface area contributed by atoms with E-state index in [2.05, 4.69) is 21.2 Å². The fraction of sp³-hybridized carbons (Fsp3) is 0.333. The second-order valence-corrected chi connectivity index (χ2v) is 12.2. The maximum absolute atomic E-state index is 13.3. The van der Waals surface area contributed by atoms with Crippen LogP contribution in [0.15, 0.2) is 75.9 Å². The summed E-state index contributed by atoms with van der Waals surface area (Å²) in [5.41, 5.74) is 3.95. The van der Waals surface area contributed by atoms with Crippen LogP contribution in [0, 0.1) is 13.8 Å². The van der Waals surface area contributed by atoms with E-state index in [-0.39, 0.29) is 11.3 Å². The average molecular weight is 622 g/mol. The Balaban J connectivity index is 0.000000818. The summed E-state index contributed by atoms with van der Waals surface area (Å²) in [6.07, 6.45) is 1.55. The number of rotatable bonds is 8. The highest BCUT2D eigenvalue weighted by Crippen LogP contribution is 2.29. The maximum Gasteiger partial charge on any atom is 0.261 e. The Hall–Kier alpha value is -4.19. The highest BCUT2D eigenvalue weighted by molar-refractivity contribution is 7.85. The van der Waals surface area contributed by atoms with Gasteiger partial charge in [-0.15, -0.1) is 0 Å². The maximum atomic E-state index is 13.3. The van der Waals surface area contributed by atoms with Gasteiger partial charge in [-0.05, 0) is 56.6 Å². The molecule has 1 fully saturated rings. The molecule has 11 heteroatoms. The molecule has 10 nitrogen and oxygen atoms in total. The van der Waals surface area contributed by atoms with E-state index in [0.717, 1.165) is 61.7 Å². The number of para-hydroxylation sites is 2. The highest BCUT2D eigenvalue weighted by atomic mass is 32.2. The molecule has 1 saturated heterocycles. The van der Waals surface area contributed by atoms with Crippen molar-refractivity contribution >= 4 is 32.7 Å². The summed E-state index contributed by atoms with van der Waals surface area (Å²) < 4.78 is 37.6. The summed E-state index contributed by atoms with van der Waals surface area (Å²) in [6.45, 7) is 8.90. The molecule has 1 aliphatic heterocycles. The van der Waals surface area contributed by atoms with Gasteiger partial charge >= 0.3 is 0 Å². The predicted molar refractivity (Wildman–Crippen MR) is 173 cm³/mol. The van der Waals surface area contributed by atoms with Gasteiger partial charge in [0.15, 0.2) is 11.0 Å². The monoisotopic (exact) mass is 621 g/mol. The van der Waals surface area contributed by atoms with Gasteiger partial charge in [-0.1, -0.05) is 42.5 Å². The predicted octanol–water partition coefficient (Wildman–Crippen LogP) is 4.53. The third-order valence-corrected chi connectivity index (χ3v) is 7.38. The molecule has 1 aromatic heterocycles. The van der Waals surface area contributed by atoms with Gasteiger partial charge in [0.05, 0.1) is 30.0 Å². The molecule has 4 aromatic rings. The standard InChI is InChI=1S/C32H35N3O4.CH4O3S/c1-22-20-25-29(36)23(2)30(24-10-5-4-6-11-24)39-31(25)26(21-22)32(37)33-14-9-15-34-16-18-35(19-17-34)27-12-7-8-13-28(27)38-3;1-5(2,3)4/h4-8,10-13,20-21H,9,14-19H2,1-3H3,(H,33,37);1H3,(H,2,3,4). The number of hydrogen-bond donors (Lipinski definition) is 2. The first-order chi connectivity index (χ1) is 21.0. The molecule has 3 aromatic carbocycles. The first-order valence-corrected chi connectivity index (χ1v) is 16.3. The summed E-state index contributed by atoms with van der Waals surface area (Å²) in [5, 5.41) is 3.48. The topological polar surface area (TPSA) is 129 Å². The number of carbonyl (C=O) groups excluding carboxylic acids is 1. The van der Waals surface area contributed by atoms with Crippen LogP contribution in [-0.2, 0) is 10.1 Å². The molecular formula is C33H39N3O7S. The van der Waals surface area contributed by atoms with Crippen LogP contribution in [0.1, 0.15) is 27.9 Å². The normalized spacial score (nSPS) is 13.7. The van der Waals surface area contributed by atoms with Crippen molar-refractivity contribution in [3.8, 4) is 17.1 Å². The SMILES string of the molecule is COc1ccccc1N1CCN(CCCNC(=O)c2cc(C)cc3c(=O)c(C)c(-c4ccccc4)oc23)CC1.CS(=O)(=O)O. The van der Waals surface area contributed by atoms with Crippen molar-refractivity contribution in [2.24, 2.45) is 0 Å². The van der Waals surface area contributed by atoms with Crippen LogP contribution in [0.2, 0.25) is 0 Å². The van der Waals surface area contributed by atoms with Gasteiger partial charge in [0.2, 0.25) is 0 Å². The number of ether oxygens (including phenoxy) is 1. The fourth-order valence-electron chi connectivity index (χ4n) is 5.27. The second-order valence-electron chi connectivity index (χ2n) is 10.8. The number of methoxy groups -OCH3 is 1. The lowest BCUT2D eigenvalue weighted by Crippen LogP contribution is -2.47. The molecule has 0 spiro atoms. The zero-order valence-corrected chi connectivity index (χ0v) is 26.3. The van der Waals surface area contributed by atoms with Crippen LogP contribution in [0.25, 0.3) is 22.3 Å². The van der Waals surface area contributed by atoms with Crippen LogP contribution in [0.3, 0.4) is 0 Å². The molecule has 0 atom stereocenters. The largest absolute Gasteiger partial charge is 0.495 e. The summed E-state index contributed by atoms with van der Waals surface area (Å²) in [5.74, 6) is 1.17. The quantitative estimate of drug-likeness (QED) is 0.215. The average Bonchev–Trinajstić information content (AvgIpc) is 3.00. The Morgan fingerprint density at radius 2 is 1.64 bits per heavy atom. The Labute approximate surface area is 258 Å². The summed E-state index contributed by atoms with van der Waals surface area (Å²) in [7, 11) is -1.96. The number of fused-ring (bicyclic) bond motifs is 1.